The summed E-state index contributed by atoms with van der Waals surface area (Å²) in [5.41, 5.74) is 0. The second-order valence-electron chi connectivity index (χ2n) is 4.04. The predicted molar refractivity (Wildman–Crippen MR) is 49.6 cm³/mol. The van der Waals surface area contributed by atoms with Gasteiger partial charge < -0.3 is 0 Å². The molecule has 1 saturated carbocycles. The van der Waals surface area contributed by atoms with Gasteiger partial charge in [-0.2, -0.15) is 8.42 Å². The molecule has 1 saturated heterocycles. The molecular weight excluding hydrogens is 226 g/mol. The van der Waals surface area contributed by atoms with Gasteiger partial charge in [0.2, 0.25) is 5.91 Å². The van der Waals surface area contributed by atoms with Crippen LogP contribution in [0.4, 0.5) is 0 Å². The first-order valence-corrected chi connectivity index (χ1v) is 6.73. The van der Waals surface area contributed by atoms with Crippen molar-refractivity contribution in [2.75, 3.05) is 0 Å². The lowest BCUT2D eigenvalue weighted by Crippen LogP contribution is -2.63. The lowest BCUT2D eigenvalue weighted by atomic mass is 9.82. The quantitative estimate of drug-likeness (QED) is 0.377. The van der Waals surface area contributed by atoms with Gasteiger partial charge in [0.05, 0.1) is 12.0 Å². The van der Waals surface area contributed by atoms with Gasteiger partial charge in [0.1, 0.15) is 0 Å². The van der Waals surface area contributed by atoms with Crippen molar-refractivity contribution in [2.24, 2.45) is 17.8 Å². The Morgan fingerprint density at radius 3 is 2.64 bits per heavy atom. The van der Waals surface area contributed by atoms with Gasteiger partial charge in [-0.1, -0.05) is 12.2 Å². The Labute approximate surface area is 86.1 Å². The minimum absolute atomic E-state index is 0.126. The van der Waals surface area contributed by atoms with Crippen molar-refractivity contribution in [1.82, 2.24) is 4.31 Å². The number of fused-ring (bicyclic) bond motifs is 5. The third kappa shape index (κ3) is 0.846. The maximum Gasteiger partial charge on any atom is 0.324 e. The van der Waals surface area contributed by atoms with E-state index in [0.717, 1.165) is 10.7 Å². The van der Waals surface area contributed by atoms with E-state index in [9.17, 15) is 13.2 Å². The Kier molecular flexibility index (Phi) is 1.46. The highest BCUT2D eigenvalue weighted by molar-refractivity contribution is 8.12. The van der Waals surface area contributed by atoms with Gasteiger partial charge >= 0.3 is 9.24 Å². The Balaban J connectivity index is 2.01. The molecule has 0 aromatic rings. The number of hydrogen-bond acceptors (Lipinski definition) is 3. The van der Waals surface area contributed by atoms with Crippen LogP contribution in [0.25, 0.3) is 0 Å². The summed E-state index contributed by atoms with van der Waals surface area (Å²) in [6, 6.07) is -0.194. The fraction of sp³-hybridized carbons (Fsp3) is 0.625. The highest BCUT2D eigenvalue weighted by atomic mass is 35.7. The number of rotatable bonds is 1. The number of amides is 1. The molecule has 1 heterocycles. The molecule has 0 N–H and O–H groups in total. The molecule has 4 unspecified atom stereocenters. The fourth-order valence-electron chi connectivity index (χ4n) is 2.91. The molecule has 1 amide bonds. The summed E-state index contributed by atoms with van der Waals surface area (Å²) >= 11 is 0. The zero-order valence-electron chi connectivity index (χ0n) is 7.13. The van der Waals surface area contributed by atoms with Gasteiger partial charge in [-0.3, -0.25) is 4.79 Å². The Morgan fingerprint density at radius 1 is 1.36 bits per heavy atom. The Bertz CT molecular complexity index is 444. The second kappa shape index (κ2) is 2.33. The molecule has 2 bridgehead atoms. The van der Waals surface area contributed by atoms with Crippen molar-refractivity contribution in [1.29, 1.82) is 0 Å². The molecule has 0 spiro atoms. The highest BCUT2D eigenvalue weighted by Crippen LogP contribution is 2.53. The van der Waals surface area contributed by atoms with E-state index in [4.69, 9.17) is 10.7 Å². The van der Waals surface area contributed by atoms with Gasteiger partial charge in [0, 0.05) is 10.7 Å². The van der Waals surface area contributed by atoms with Crippen LogP contribution in [0.2, 0.25) is 0 Å². The highest BCUT2D eigenvalue weighted by Gasteiger charge is 2.63. The van der Waals surface area contributed by atoms with Crippen LogP contribution in [0.1, 0.15) is 6.42 Å². The van der Waals surface area contributed by atoms with E-state index >= 15 is 0 Å². The fourth-order valence-corrected chi connectivity index (χ4v) is 4.30. The maximum absolute atomic E-state index is 11.5. The van der Waals surface area contributed by atoms with Crippen LogP contribution in [-0.4, -0.2) is 24.7 Å². The van der Waals surface area contributed by atoms with Crippen LogP contribution in [0.15, 0.2) is 12.2 Å². The van der Waals surface area contributed by atoms with Crippen LogP contribution in [-0.2, 0) is 14.0 Å². The molecule has 76 valence electrons. The first-order valence-electron chi connectivity index (χ1n) is 4.46. The molecule has 1 aliphatic heterocycles. The standard InChI is InChI=1S/C8H8ClNO3S/c9-14(12,13)10-7-5-2-1-4(3-5)6(7)8(10)11/h1-2,4-7H,3H2. The van der Waals surface area contributed by atoms with Crippen LogP contribution in [0.3, 0.4) is 0 Å². The monoisotopic (exact) mass is 233 g/mol. The summed E-state index contributed by atoms with van der Waals surface area (Å²) in [7, 11) is 1.32. The molecule has 0 radical (unpaired) electrons. The maximum atomic E-state index is 11.5. The predicted octanol–water partition coefficient (Wildman–Crippen LogP) is 0.503. The summed E-state index contributed by atoms with van der Waals surface area (Å²) < 4.78 is 23.0. The number of hydrogen-bond donors (Lipinski definition) is 0. The van der Waals surface area contributed by atoms with E-state index in [1.165, 1.54) is 0 Å². The zero-order valence-corrected chi connectivity index (χ0v) is 8.70. The largest absolute Gasteiger partial charge is 0.324 e. The van der Waals surface area contributed by atoms with Crippen LogP contribution in [0.5, 0.6) is 0 Å². The zero-order chi connectivity index (χ0) is 10.1. The van der Waals surface area contributed by atoms with Gasteiger partial charge in [-0.05, 0) is 18.3 Å². The topological polar surface area (TPSA) is 54.5 Å². The number of halogens is 1. The van der Waals surface area contributed by atoms with Crippen LogP contribution < -0.4 is 0 Å². The molecule has 2 aliphatic carbocycles. The minimum atomic E-state index is -3.87. The third-order valence-electron chi connectivity index (χ3n) is 3.43. The van der Waals surface area contributed by atoms with Gasteiger partial charge in [0.25, 0.3) is 0 Å². The summed E-state index contributed by atoms with van der Waals surface area (Å²) in [6.45, 7) is 0. The Morgan fingerprint density at radius 2 is 2.00 bits per heavy atom. The van der Waals surface area contributed by atoms with E-state index in [2.05, 4.69) is 0 Å². The van der Waals surface area contributed by atoms with Gasteiger partial charge in [-0.15, -0.1) is 0 Å². The van der Waals surface area contributed by atoms with E-state index < -0.39 is 9.24 Å². The molecule has 3 rings (SSSR count). The molecule has 14 heavy (non-hydrogen) atoms. The van der Waals surface area contributed by atoms with E-state index in [0.29, 0.717) is 0 Å². The lowest BCUT2D eigenvalue weighted by molar-refractivity contribution is -0.146. The lowest BCUT2D eigenvalue weighted by Gasteiger charge is -2.45. The van der Waals surface area contributed by atoms with E-state index in [1.807, 2.05) is 12.2 Å². The number of carbonyl (C=O) groups excluding carboxylic acids is 1. The number of allylic oxidation sites excluding steroid dienone is 1. The number of nitrogens with zero attached hydrogens (tertiary/aromatic N) is 1. The third-order valence-corrected chi connectivity index (χ3v) is 4.77. The van der Waals surface area contributed by atoms with Crippen molar-refractivity contribution >= 4 is 25.8 Å². The molecular formula is C8H8ClNO3S. The molecule has 3 aliphatic rings. The molecule has 4 atom stereocenters. The summed E-state index contributed by atoms with van der Waals surface area (Å²) in [5, 5.41) is 0. The molecule has 0 aromatic heterocycles. The SMILES string of the molecule is O=C1C2C3C=CC(C3)C2N1S(=O)(=O)Cl. The average Bonchev–Trinajstić information content (AvgIpc) is 2.55. The average molecular weight is 234 g/mol. The van der Waals surface area contributed by atoms with Crippen LogP contribution >= 0.6 is 10.7 Å². The van der Waals surface area contributed by atoms with Crippen molar-refractivity contribution < 1.29 is 13.2 Å². The number of carbonyl (C=O) groups is 1. The summed E-state index contributed by atoms with van der Waals surface area (Å²) in [6.07, 6.45) is 4.90. The molecule has 4 nitrogen and oxygen atoms in total. The molecule has 0 aromatic carbocycles. The van der Waals surface area contributed by atoms with Crippen LogP contribution in [0, 0.1) is 17.8 Å². The summed E-state index contributed by atoms with van der Waals surface area (Å²) in [5.74, 6) is -0.0243. The smallest absolute Gasteiger partial charge is 0.273 e. The molecule has 2 fully saturated rings. The Hall–Kier alpha value is -0.550. The molecule has 6 heteroatoms. The van der Waals surface area contributed by atoms with Gasteiger partial charge in [-0.25, -0.2) is 4.31 Å². The van der Waals surface area contributed by atoms with Crippen molar-refractivity contribution in [3.8, 4) is 0 Å². The van der Waals surface area contributed by atoms with E-state index in [1.54, 1.807) is 0 Å². The van der Waals surface area contributed by atoms with E-state index in [-0.39, 0.29) is 29.7 Å². The summed E-state index contributed by atoms with van der Waals surface area (Å²) in [4.78, 5) is 11.5. The first-order chi connectivity index (χ1) is 6.50. The van der Waals surface area contributed by atoms with Crippen molar-refractivity contribution in [3.05, 3.63) is 12.2 Å². The van der Waals surface area contributed by atoms with Crippen molar-refractivity contribution in [3.63, 3.8) is 0 Å². The first kappa shape index (κ1) is 8.73. The van der Waals surface area contributed by atoms with Crippen molar-refractivity contribution in [2.45, 2.75) is 12.5 Å². The number of β-lactam (4-membered cyclic amide) rings is 1. The normalized spacial score (nSPS) is 44.1. The van der Waals surface area contributed by atoms with Gasteiger partial charge in [0.15, 0.2) is 0 Å². The minimum Gasteiger partial charge on any atom is -0.273 e. The second-order valence-corrected chi connectivity index (χ2v) is 6.43.